The van der Waals surface area contributed by atoms with E-state index in [0.717, 1.165) is 35.1 Å². The minimum Gasteiger partial charge on any atom is -0.497 e. The Bertz CT molecular complexity index is 812. The molecule has 5 nitrogen and oxygen atoms in total. The third kappa shape index (κ3) is 3.95. The Morgan fingerprint density at radius 1 is 1.32 bits per heavy atom. The van der Waals surface area contributed by atoms with Gasteiger partial charge in [0.05, 0.1) is 19.2 Å². The summed E-state index contributed by atoms with van der Waals surface area (Å²) in [6.07, 6.45) is 5.99. The van der Waals surface area contributed by atoms with Gasteiger partial charge in [0, 0.05) is 24.7 Å². The van der Waals surface area contributed by atoms with Gasteiger partial charge >= 0.3 is 0 Å². The van der Waals surface area contributed by atoms with Crippen LogP contribution in [-0.2, 0) is 6.54 Å². The number of H-pyrrole nitrogens is 1. The van der Waals surface area contributed by atoms with Crippen LogP contribution in [0.4, 0.5) is 0 Å². The van der Waals surface area contributed by atoms with Crippen LogP contribution in [0, 0.1) is 0 Å². The predicted octanol–water partition coefficient (Wildman–Crippen LogP) is 3.18. The molecule has 134 valence electrons. The number of fused-ring (bicyclic) bond motifs is 1. The topological polar surface area (TPSA) is 57.4 Å². The van der Waals surface area contributed by atoms with Crippen LogP contribution in [0.5, 0.6) is 5.75 Å². The summed E-state index contributed by atoms with van der Waals surface area (Å²) in [7, 11) is 3.46. The maximum absolute atomic E-state index is 12.6. The van der Waals surface area contributed by atoms with Crippen LogP contribution in [-0.4, -0.2) is 35.2 Å². The van der Waals surface area contributed by atoms with Crippen molar-refractivity contribution >= 4 is 28.2 Å². The molecule has 0 amide bonds. The number of aromatic amines is 1. The summed E-state index contributed by atoms with van der Waals surface area (Å²) in [4.78, 5) is 17.7. The van der Waals surface area contributed by atoms with Gasteiger partial charge in [0.15, 0.2) is 5.11 Å². The molecule has 0 bridgehead atoms. The second-order valence-corrected chi connectivity index (χ2v) is 6.94. The molecule has 2 N–H and O–H groups in total. The lowest BCUT2D eigenvalue weighted by atomic mass is 9.94. The maximum atomic E-state index is 12.6. The molecule has 2 aromatic rings. The fraction of sp³-hybridized carbons (Fsp3) is 0.474. The highest BCUT2D eigenvalue weighted by molar-refractivity contribution is 7.80. The van der Waals surface area contributed by atoms with E-state index in [-0.39, 0.29) is 5.56 Å². The van der Waals surface area contributed by atoms with Gasteiger partial charge in [-0.15, -0.1) is 0 Å². The van der Waals surface area contributed by atoms with Crippen molar-refractivity contribution in [3.63, 3.8) is 0 Å². The van der Waals surface area contributed by atoms with Crippen LogP contribution in [0.1, 0.15) is 37.7 Å². The van der Waals surface area contributed by atoms with Gasteiger partial charge in [0.1, 0.15) is 5.75 Å². The predicted molar refractivity (Wildman–Crippen MR) is 105 cm³/mol. The Labute approximate surface area is 153 Å². The summed E-state index contributed by atoms with van der Waals surface area (Å²) in [5.74, 6) is 0.732. The molecule has 1 saturated carbocycles. The highest BCUT2D eigenvalue weighted by atomic mass is 32.1. The molecular formula is C19H25N3O2S. The summed E-state index contributed by atoms with van der Waals surface area (Å²) in [6, 6.07) is 8.08. The summed E-state index contributed by atoms with van der Waals surface area (Å²) >= 11 is 5.51. The number of methoxy groups -OCH3 is 1. The van der Waals surface area contributed by atoms with Gasteiger partial charge < -0.3 is 19.9 Å². The highest BCUT2D eigenvalue weighted by Crippen LogP contribution is 2.25. The molecule has 1 fully saturated rings. The molecule has 0 spiro atoms. The van der Waals surface area contributed by atoms with Crippen LogP contribution in [0.2, 0.25) is 0 Å². The van der Waals surface area contributed by atoms with E-state index in [9.17, 15) is 4.79 Å². The van der Waals surface area contributed by atoms with Crippen LogP contribution in [0.3, 0.4) is 0 Å². The Kier molecular flexibility index (Phi) is 5.58. The molecule has 0 atom stereocenters. The summed E-state index contributed by atoms with van der Waals surface area (Å²) in [6.45, 7) is 0.529. The number of pyridine rings is 1. The standard InChI is InChI=1S/C19H25N3O2S/c1-20-19(25)22(15-6-4-3-5-7-15)12-14-10-13-8-9-16(24-2)11-17(13)21-18(14)23/h8-11,15H,3-7,12H2,1-2H3,(H,20,25)(H,21,23). The number of hydrogen-bond donors (Lipinski definition) is 2. The first kappa shape index (κ1) is 17.7. The molecule has 0 unspecified atom stereocenters. The van der Waals surface area contributed by atoms with Gasteiger partial charge in [-0.3, -0.25) is 4.79 Å². The van der Waals surface area contributed by atoms with Gasteiger partial charge in [-0.2, -0.15) is 0 Å². The minimum absolute atomic E-state index is 0.0690. The zero-order valence-electron chi connectivity index (χ0n) is 14.8. The maximum Gasteiger partial charge on any atom is 0.253 e. The van der Waals surface area contributed by atoms with Gasteiger partial charge in [-0.1, -0.05) is 19.3 Å². The molecule has 0 saturated heterocycles. The van der Waals surface area contributed by atoms with E-state index in [1.165, 1.54) is 19.3 Å². The normalized spacial score (nSPS) is 15.1. The highest BCUT2D eigenvalue weighted by Gasteiger charge is 2.23. The molecule has 1 aromatic carbocycles. The van der Waals surface area contributed by atoms with E-state index >= 15 is 0 Å². The van der Waals surface area contributed by atoms with Crippen molar-refractivity contribution in [2.24, 2.45) is 0 Å². The number of nitrogens with one attached hydrogen (secondary N) is 2. The SMILES string of the molecule is CNC(=S)N(Cc1cc2ccc(OC)cc2[nH]c1=O)C1CCCCC1. The first-order chi connectivity index (χ1) is 12.1. The van der Waals surface area contributed by atoms with Gasteiger partial charge in [0.2, 0.25) is 0 Å². The van der Waals surface area contributed by atoms with Gasteiger partial charge in [0.25, 0.3) is 5.56 Å². The van der Waals surface area contributed by atoms with Crippen LogP contribution >= 0.6 is 12.2 Å². The summed E-state index contributed by atoms with van der Waals surface area (Å²) < 4.78 is 5.23. The second-order valence-electron chi connectivity index (χ2n) is 6.55. The summed E-state index contributed by atoms with van der Waals surface area (Å²) in [5.41, 5.74) is 1.45. The number of aromatic nitrogens is 1. The first-order valence-corrected chi connectivity index (χ1v) is 9.21. The number of rotatable bonds is 4. The van der Waals surface area contributed by atoms with Crippen molar-refractivity contribution in [2.75, 3.05) is 14.2 Å². The summed E-state index contributed by atoms with van der Waals surface area (Å²) in [5, 5.41) is 4.79. The largest absolute Gasteiger partial charge is 0.497 e. The van der Waals surface area contributed by atoms with E-state index < -0.39 is 0 Å². The molecular weight excluding hydrogens is 334 g/mol. The Hall–Kier alpha value is -2.08. The van der Waals surface area contributed by atoms with E-state index in [4.69, 9.17) is 17.0 Å². The lowest BCUT2D eigenvalue weighted by Gasteiger charge is -2.35. The lowest BCUT2D eigenvalue weighted by molar-refractivity contribution is 0.235. The van der Waals surface area contributed by atoms with Gasteiger partial charge in [-0.25, -0.2) is 0 Å². The molecule has 1 aliphatic rings. The smallest absolute Gasteiger partial charge is 0.253 e. The number of thiocarbonyl (C=S) groups is 1. The molecule has 25 heavy (non-hydrogen) atoms. The molecule has 6 heteroatoms. The molecule has 1 heterocycles. The van der Waals surface area contributed by atoms with Crippen molar-refractivity contribution in [2.45, 2.75) is 44.7 Å². The second kappa shape index (κ2) is 7.87. The molecule has 1 aromatic heterocycles. The quantitative estimate of drug-likeness (QED) is 0.821. The van der Waals surface area contributed by atoms with Crippen LogP contribution < -0.4 is 15.6 Å². The van der Waals surface area contributed by atoms with Crippen molar-refractivity contribution in [3.8, 4) is 5.75 Å². The Morgan fingerprint density at radius 2 is 2.08 bits per heavy atom. The fourth-order valence-corrected chi connectivity index (χ4v) is 3.77. The molecule has 3 rings (SSSR count). The zero-order valence-corrected chi connectivity index (χ0v) is 15.6. The van der Waals surface area contributed by atoms with E-state index in [1.54, 1.807) is 7.11 Å². The van der Waals surface area contributed by atoms with Crippen molar-refractivity contribution < 1.29 is 4.74 Å². The number of hydrogen-bond acceptors (Lipinski definition) is 3. The molecule has 1 aliphatic carbocycles. The Morgan fingerprint density at radius 3 is 2.76 bits per heavy atom. The Balaban J connectivity index is 1.91. The van der Waals surface area contributed by atoms with Gasteiger partial charge in [-0.05, 0) is 48.6 Å². The van der Waals surface area contributed by atoms with Crippen LogP contribution in [0.15, 0.2) is 29.1 Å². The number of benzene rings is 1. The molecule has 0 radical (unpaired) electrons. The average Bonchev–Trinajstić information content (AvgIpc) is 2.66. The van der Waals surface area contributed by atoms with Crippen LogP contribution in [0.25, 0.3) is 10.9 Å². The third-order valence-corrected chi connectivity index (χ3v) is 5.40. The monoisotopic (exact) mass is 359 g/mol. The zero-order chi connectivity index (χ0) is 17.8. The lowest BCUT2D eigenvalue weighted by Crippen LogP contribution is -2.46. The van der Waals surface area contributed by atoms with E-state index in [0.29, 0.717) is 17.7 Å². The number of ether oxygens (including phenoxy) is 1. The fourth-order valence-electron chi connectivity index (χ4n) is 3.56. The van der Waals surface area contributed by atoms with E-state index in [2.05, 4.69) is 15.2 Å². The first-order valence-electron chi connectivity index (χ1n) is 8.80. The van der Waals surface area contributed by atoms with Crippen molar-refractivity contribution in [1.82, 2.24) is 15.2 Å². The minimum atomic E-state index is -0.0690. The number of nitrogens with zero attached hydrogens (tertiary/aromatic N) is 1. The third-order valence-electron chi connectivity index (χ3n) is 4.96. The van der Waals surface area contributed by atoms with Crippen molar-refractivity contribution in [1.29, 1.82) is 0 Å². The van der Waals surface area contributed by atoms with Crippen molar-refractivity contribution in [3.05, 3.63) is 40.2 Å². The average molecular weight is 359 g/mol. The van der Waals surface area contributed by atoms with E-state index in [1.807, 2.05) is 31.3 Å². The molecule has 0 aliphatic heterocycles.